The van der Waals surface area contributed by atoms with Gasteiger partial charge < -0.3 is 15.4 Å². The molecule has 5 heteroatoms. The molecule has 2 N–H and O–H groups in total. The fourth-order valence-corrected chi connectivity index (χ4v) is 1.83. The van der Waals surface area contributed by atoms with Crippen LogP contribution in [0.25, 0.3) is 0 Å². The maximum Gasteiger partial charge on any atom is 0.190 e. The molecule has 0 amide bonds. The lowest BCUT2D eigenvalue weighted by Crippen LogP contribution is -2.40. The zero-order chi connectivity index (χ0) is 13.6. The number of hydrogen-bond acceptors (Lipinski definition) is 2. The largest absolute Gasteiger partial charge is 0.385 e. The Morgan fingerprint density at radius 1 is 1.21 bits per heavy atom. The number of unbranched alkanes of at least 4 members (excludes halogenated alkanes) is 1. The van der Waals surface area contributed by atoms with Gasteiger partial charge in [0.25, 0.3) is 0 Å². The zero-order valence-electron chi connectivity index (χ0n) is 13.0. The van der Waals surface area contributed by atoms with Gasteiger partial charge in [-0.15, -0.1) is 24.0 Å². The van der Waals surface area contributed by atoms with E-state index in [4.69, 9.17) is 4.74 Å². The minimum Gasteiger partial charge on any atom is -0.385 e. The summed E-state index contributed by atoms with van der Waals surface area (Å²) in [5, 5.41) is 6.70. The van der Waals surface area contributed by atoms with Gasteiger partial charge in [-0.3, -0.25) is 4.99 Å². The van der Waals surface area contributed by atoms with Crippen molar-refractivity contribution in [3.63, 3.8) is 0 Å². The fraction of sp³-hybridized carbons (Fsp3) is 0.929. The maximum atomic E-state index is 5.02. The fourth-order valence-electron chi connectivity index (χ4n) is 1.83. The summed E-state index contributed by atoms with van der Waals surface area (Å²) < 4.78 is 5.02. The molecule has 0 aromatic rings. The highest BCUT2D eigenvalue weighted by Gasteiger charge is 2.06. The summed E-state index contributed by atoms with van der Waals surface area (Å²) in [6, 6.07) is 0. The van der Waals surface area contributed by atoms with E-state index in [1.807, 2.05) is 7.05 Å². The maximum absolute atomic E-state index is 5.02. The van der Waals surface area contributed by atoms with Crippen LogP contribution in [-0.4, -0.2) is 39.8 Å². The summed E-state index contributed by atoms with van der Waals surface area (Å²) in [5.74, 6) is 1.66. The molecular formula is C14H32IN3O. The van der Waals surface area contributed by atoms with Crippen LogP contribution in [0.3, 0.4) is 0 Å². The molecule has 19 heavy (non-hydrogen) atoms. The second-order valence-electron chi connectivity index (χ2n) is 4.64. The third-order valence-electron chi connectivity index (χ3n) is 3.14. The van der Waals surface area contributed by atoms with E-state index >= 15 is 0 Å². The van der Waals surface area contributed by atoms with Crippen LogP contribution in [0.4, 0.5) is 0 Å². The summed E-state index contributed by atoms with van der Waals surface area (Å²) in [5.41, 5.74) is 0. The first kappa shape index (κ1) is 21.3. The third-order valence-corrected chi connectivity index (χ3v) is 3.14. The molecule has 0 saturated heterocycles. The molecule has 0 bridgehead atoms. The molecule has 0 aromatic heterocycles. The van der Waals surface area contributed by atoms with Gasteiger partial charge in [0, 0.05) is 33.9 Å². The van der Waals surface area contributed by atoms with Crippen molar-refractivity contribution in [1.82, 2.24) is 10.6 Å². The van der Waals surface area contributed by atoms with Crippen molar-refractivity contribution in [2.24, 2.45) is 10.9 Å². The van der Waals surface area contributed by atoms with Crippen molar-refractivity contribution < 1.29 is 4.74 Å². The number of nitrogens with one attached hydrogen (secondary N) is 2. The molecule has 0 radical (unpaired) electrons. The number of methoxy groups -OCH3 is 1. The smallest absolute Gasteiger partial charge is 0.190 e. The molecule has 1 unspecified atom stereocenters. The number of aliphatic imine (C=N–C) groups is 1. The number of nitrogens with zero attached hydrogens (tertiary/aromatic N) is 1. The SMILES string of the molecule is CCCCC(CC)CNC(=NC)NCCCOC.I. The van der Waals surface area contributed by atoms with Crippen LogP contribution in [0.2, 0.25) is 0 Å². The molecule has 0 fully saturated rings. The third kappa shape index (κ3) is 12.7. The molecule has 0 spiro atoms. The Balaban J connectivity index is 0. The first-order valence-corrected chi connectivity index (χ1v) is 7.21. The summed E-state index contributed by atoms with van der Waals surface area (Å²) in [6.45, 7) is 7.21. The van der Waals surface area contributed by atoms with Gasteiger partial charge >= 0.3 is 0 Å². The van der Waals surface area contributed by atoms with E-state index in [0.29, 0.717) is 0 Å². The minimum absolute atomic E-state index is 0. The van der Waals surface area contributed by atoms with Crippen molar-refractivity contribution in [1.29, 1.82) is 0 Å². The van der Waals surface area contributed by atoms with E-state index in [0.717, 1.165) is 38.0 Å². The number of ether oxygens (including phenoxy) is 1. The van der Waals surface area contributed by atoms with Crippen LogP contribution < -0.4 is 10.6 Å². The van der Waals surface area contributed by atoms with Crippen molar-refractivity contribution in [2.45, 2.75) is 46.0 Å². The second-order valence-corrected chi connectivity index (χ2v) is 4.64. The number of halogens is 1. The zero-order valence-corrected chi connectivity index (χ0v) is 15.3. The first-order chi connectivity index (χ1) is 8.78. The summed E-state index contributed by atoms with van der Waals surface area (Å²) in [7, 11) is 3.55. The van der Waals surface area contributed by atoms with Crippen molar-refractivity contribution in [2.75, 3.05) is 33.9 Å². The van der Waals surface area contributed by atoms with Crippen LogP contribution in [0.15, 0.2) is 4.99 Å². The standard InChI is InChI=1S/C14H31N3O.HI/c1-5-7-9-13(6-2)12-17-14(15-3)16-10-8-11-18-4;/h13H,5-12H2,1-4H3,(H2,15,16,17);1H. The average molecular weight is 385 g/mol. The van der Waals surface area contributed by atoms with E-state index in [1.54, 1.807) is 7.11 Å². The lowest BCUT2D eigenvalue weighted by molar-refractivity contribution is 0.195. The average Bonchev–Trinajstić information content (AvgIpc) is 2.41. The molecular weight excluding hydrogens is 353 g/mol. The molecule has 0 aliphatic heterocycles. The molecule has 0 heterocycles. The predicted molar refractivity (Wildman–Crippen MR) is 94.6 cm³/mol. The van der Waals surface area contributed by atoms with E-state index in [9.17, 15) is 0 Å². The summed E-state index contributed by atoms with van der Waals surface area (Å²) in [6.07, 6.45) is 6.14. The Morgan fingerprint density at radius 2 is 1.95 bits per heavy atom. The Bertz CT molecular complexity index is 213. The van der Waals surface area contributed by atoms with Gasteiger partial charge in [-0.1, -0.05) is 33.1 Å². The van der Waals surface area contributed by atoms with Gasteiger partial charge in [0.1, 0.15) is 0 Å². The number of guanidine groups is 1. The van der Waals surface area contributed by atoms with Crippen LogP contribution >= 0.6 is 24.0 Å². The molecule has 0 rings (SSSR count). The Morgan fingerprint density at radius 3 is 2.47 bits per heavy atom. The van der Waals surface area contributed by atoms with Gasteiger partial charge in [0.05, 0.1) is 0 Å². The Hall–Kier alpha value is -0.0400. The van der Waals surface area contributed by atoms with E-state index in [2.05, 4.69) is 29.5 Å². The Kier molecular flexibility index (Phi) is 17.9. The van der Waals surface area contributed by atoms with E-state index in [-0.39, 0.29) is 24.0 Å². The highest BCUT2D eigenvalue weighted by Crippen LogP contribution is 2.10. The Labute approximate surface area is 136 Å². The lowest BCUT2D eigenvalue weighted by atomic mass is 9.99. The quantitative estimate of drug-likeness (QED) is 0.263. The highest BCUT2D eigenvalue weighted by molar-refractivity contribution is 14.0. The topological polar surface area (TPSA) is 45.7 Å². The van der Waals surface area contributed by atoms with Gasteiger partial charge in [0.2, 0.25) is 0 Å². The summed E-state index contributed by atoms with van der Waals surface area (Å²) >= 11 is 0. The molecule has 0 aliphatic carbocycles. The van der Waals surface area contributed by atoms with Gasteiger partial charge in [-0.25, -0.2) is 0 Å². The molecule has 0 saturated carbocycles. The summed E-state index contributed by atoms with van der Waals surface area (Å²) in [4.78, 5) is 4.23. The van der Waals surface area contributed by atoms with Gasteiger partial charge in [-0.2, -0.15) is 0 Å². The monoisotopic (exact) mass is 385 g/mol. The lowest BCUT2D eigenvalue weighted by Gasteiger charge is -2.17. The van der Waals surface area contributed by atoms with Gasteiger partial charge in [-0.05, 0) is 18.8 Å². The highest BCUT2D eigenvalue weighted by atomic mass is 127. The van der Waals surface area contributed by atoms with Crippen LogP contribution in [0.5, 0.6) is 0 Å². The van der Waals surface area contributed by atoms with Gasteiger partial charge in [0.15, 0.2) is 5.96 Å². The molecule has 1 atom stereocenters. The van der Waals surface area contributed by atoms with E-state index < -0.39 is 0 Å². The van der Waals surface area contributed by atoms with E-state index in [1.165, 1.54) is 25.7 Å². The minimum atomic E-state index is 0. The number of rotatable bonds is 10. The first-order valence-electron chi connectivity index (χ1n) is 7.21. The second kappa shape index (κ2) is 16.0. The molecule has 0 aromatic carbocycles. The normalized spacial score (nSPS) is 12.7. The van der Waals surface area contributed by atoms with Crippen molar-refractivity contribution in [3.05, 3.63) is 0 Å². The van der Waals surface area contributed by atoms with Crippen molar-refractivity contribution >= 4 is 29.9 Å². The molecule has 116 valence electrons. The van der Waals surface area contributed by atoms with Crippen molar-refractivity contribution in [3.8, 4) is 0 Å². The molecule has 4 nitrogen and oxygen atoms in total. The van der Waals surface area contributed by atoms with Crippen LogP contribution in [-0.2, 0) is 4.74 Å². The predicted octanol–water partition coefficient (Wildman–Crippen LogP) is 3.02. The van der Waals surface area contributed by atoms with Crippen LogP contribution in [0.1, 0.15) is 46.0 Å². The van der Waals surface area contributed by atoms with Crippen LogP contribution in [0, 0.1) is 5.92 Å². The molecule has 0 aliphatic rings. The number of hydrogen-bond donors (Lipinski definition) is 2.